The van der Waals surface area contributed by atoms with Gasteiger partial charge in [-0.3, -0.25) is 4.79 Å². The highest BCUT2D eigenvalue weighted by Gasteiger charge is 2.30. The lowest BCUT2D eigenvalue weighted by Crippen LogP contribution is -2.51. The summed E-state index contributed by atoms with van der Waals surface area (Å²) < 4.78 is 0. The monoisotopic (exact) mass is 226 g/mol. The van der Waals surface area contributed by atoms with Crippen molar-refractivity contribution in [2.45, 2.75) is 46.6 Å². The molecule has 0 spiro atoms. The quantitative estimate of drug-likeness (QED) is 0.798. The number of amides is 1. The van der Waals surface area contributed by atoms with Crippen LogP contribution in [0.15, 0.2) is 0 Å². The number of nitrogens with two attached hydrogens (primary N) is 1. The Morgan fingerprint density at radius 2 is 2.06 bits per heavy atom. The van der Waals surface area contributed by atoms with E-state index in [4.69, 9.17) is 5.73 Å². The van der Waals surface area contributed by atoms with Crippen LogP contribution in [0.2, 0.25) is 0 Å². The van der Waals surface area contributed by atoms with Gasteiger partial charge in [-0.15, -0.1) is 0 Å². The molecule has 3 unspecified atom stereocenters. The summed E-state index contributed by atoms with van der Waals surface area (Å²) in [4.78, 5) is 14.1. The summed E-state index contributed by atoms with van der Waals surface area (Å²) in [5.41, 5.74) is 5.99. The molecule has 16 heavy (non-hydrogen) atoms. The summed E-state index contributed by atoms with van der Waals surface area (Å²) in [5.74, 6) is 1.75. The molecule has 3 heteroatoms. The molecule has 0 aromatic carbocycles. The van der Waals surface area contributed by atoms with Crippen molar-refractivity contribution in [2.75, 3.05) is 13.1 Å². The molecule has 1 heterocycles. The highest BCUT2D eigenvalue weighted by Crippen LogP contribution is 2.23. The Bertz CT molecular complexity index is 242. The minimum atomic E-state index is -0.314. The Morgan fingerprint density at radius 1 is 1.44 bits per heavy atom. The first-order chi connectivity index (χ1) is 7.47. The van der Waals surface area contributed by atoms with Crippen LogP contribution in [-0.4, -0.2) is 29.9 Å². The molecular formula is C13H26N2O. The molecule has 1 amide bonds. The van der Waals surface area contributed by atoms with E-state index in [1.165, 1.54) is 0 Å². The van der Waals surface area contributed by atoms with Crippen LogP contribution in [0.1, 0.15) is 40.5 Å². The summed E-state index contributed by atoms with van der Waals surface area (Å²) in [6, 6.07) is -0.314. The predicted molar refractivity (Wildman–Crippen MR) is 67.0 cm³/mol. The van der Waals surface area contributed by atoms with E-state index in [9.17, 15) is 4.79 Å². The first kappa shape index (κ1) is 13.5. The fourth-order valence-corrected chi connectivity index (χ4v) is 2.17. The van der Waals surface area contributed by atoms with Crippen LogP contribution >= 0.6 is 0 Å². The second kappa shape index (κ2) is 5.67. The Labute approximate surface area is 99.4 Å². The summed E-state index contributed by atoms with van der Waals surface area (Å²) >= 11 is 0. The van der Waals surface area contributed by atoms with Crippen molar-refractivity contribution in [3.8, 4) is 0 Å². The number of nitrogens with zero attached hydrogens (tertiary/aromatic N) is 1. The van der Waals surface area contributed by atoms with Crippen LogP contribution in [0, 0.1) is 17.8 Å². The molecule has 1 aliphatic rings. The molecule has 1 fully saturated rings. The zero-order chi connectivity index (χ0) is 12.3. The van der Waals surface area contributed by atoms with Crippen molar-refractivity contribution < 1.29 is 4.79 Å². The molecule has 3 nitrogen and oxygen atoms in total. The second-order valence-corrected chi connectivity index (χ2v) is 5.44. The van der Waals surface area contributed by atoms with Gasteiger partial charge in [0.25, 0.3) is 0 Å². The van der Waals surface area contributed by atoms with Crippen LogP contribution in [-0.2, 0) is 4.79 Å². The molecule has 0 bridgehead atoms. The number of hydrogen-bond donors (Lipinski definition) is 1. The maximum Gasteiger partial charge on any atom is 0.239 e. The number of piperidine rings is 1. The Morgan fingerprint density at radius 3 is 2.56 bits per heavy atom. The van der Waals surface area contributed by atoms with Crippen LogP contribution in [0.5, 0.6) is 0 Å². The summed E-state index contributed by atoms with van der Waals surface area (Å²) in [7, 11) is 0. The molecule has 4 atom stereocenters. The molecule has 1 saturated heterocycles. The van der Waals surface area contributed by atoms with Gasteiger partial charge in [-0.1, -0.05) is 34.1 Å². The number of carbonyl (C=O) groups is 1. The van der Waals surface area contributed by atoms with Gasteiger partial charge in [0, 0.05) is 13.1 Å². The molecule has 1 aliphatic heterocycles. The van der Waals surface area contributed by atoms with Crippen molar-refractivity contribution in [3.05, 3.63) is 0 Å². The Kier molecular flexibility index (Phi) is 4.78. The lowest BCUT2D eigenvalue weighted by Gasteiger charge is -2.37. The van der Waals surface area contributed by atoms with E-state index in [2.05, 4.69) is 27.7 Å². The third-order valence-electron chi connectivity index (χ3n) is 4.19. The highest BCUT2D eigenvalue weighted by molar-refractivity contribution is 5.82. The van der Waals surface area contributed by atoms with Gasteiger partial charge in [-0.2, -0.15) is 0 Å². The van der Waals surface area contributed by atoms with Gasteiger partial charge in [0.1, 0.15) is 0 Å². The third-order valence-corrected chi connectivity index (χ3v) is 4.19. The van der Waals surface area contributed by atoms with E-state index in [1.807, 2.05) is 4.90 Å². The minimum absolute atomic E-state index is 0.146. The van der Waals surface area contributed by atoms with Crippen molar-refractivity contribution in [1.82, 2.24) is 4.90 Å². The van der Waals surface area contributed by atoms with E-state index in [1.54, 1.807) is 0 Å². The molecule has 0 aromatic heterocycles. The zero-order valence-corrected chi connectivity index (χ0v) is 11.1. The molecule has 2 N–H and O–H groups in total. The lowest BCUT2D eigenvalue weighted by molar-refractivity contribution is -0.136. The number of rotatable bonds is 3. The van der Waals surface area contributed by atoms with E-state index < -0.39 is 0 Å². The molecule has 0 saturated carbocycles. The van der Waals surface area contributed by atoms with Gasteiger partial charge >= 0.3 is 0 Å². The normalized spacial score (nSPS) is 29.9. The second-order valence-electron chi connectivity index (χ2n) is 5.44. The maximum absolute atomic E-state index is 12.2. The predicted octanol–water partition coefficient (Wildman–Crippen LogP) is 1.86. The Balaban J connectivity index is 2.55. The van der Waals surface area contributed by atoms with Crippen molar-refractivity contribution in [3.63, 3.8) is 0 Å². The molecule has 1 rings (SSSR count). The van der Waals surface area contributed by atoms with Crippen molar-refractivity contribution >= 4 is 5.91 Å². The van der Waals surface area contributed by atoms with E-state index >= 15 is 0 Å². The molecule has 94 valence electrons. The minimum Gasteiger partial charge on any atom is -0.341 e. The third kappa shape index (κ3) is 2.97. The SMILES string of the molecule is CCC(C)[C@H](N)C(=O)N1CCC(C)C(C)C1. The largest absolute Gasteiger partial charge is 0.341 e. The van der Waals surface area contributed by atoms with Gasteiger partial charge in [0.15, 0.2) is 0 Å². The summed E-state index contributed by atoms with van der Waals surface area (Å²) in [5, 5.41) is 0. The molecule has 0 aromatic rings. The van der Waals surface area contributed by atoms with Gasteiger partial charge in [-0.25, -0.2) is 0 Å². The van der Waals surface area contributed by atoms with Gasteiger partial charge in [-0.05, 0) is 24.2 Å². The average Bonchev–Trinajstić information content (AvgIpc) is 2.29. The van der Waals surface area contributed by atoms with E-state index in [-0.39, 0.29) is 17.9 Å². The smallest absolute Gasteiger partial charge is 0.239 e. The highest BCUT2D eigenvalue weighted by atomic mass is 16.2. The maximum atomic E-state index is 12.2. The van der Waals surface area contributed by atoms with Crippen LogP contribution in [0.25, 0.3) is 0 Å². The van der Waals surface area contributed by atoms with E-state index in [0.29, 0.717) is 5.92 Å². The number of likely N-dealkylation sites (tertiary alicyclic amines) is 1. The topological polar surface area (TPSA) is 46.3 Å². The lowest BCUT2D eigenvalue weighted by atomic mass is 9.88. The van der Waals surface area contributed by atoms with Crippen molar-refractivity contribution in [2.24, 2.45) is 23.5 Å². The van der Waals surface area contributed by atoms with E-state index in [0.717, 1.165) is 31.8 Å². The first-order valence-electron chi connectivity index (χ1n) is 6.51. The number of carbonyl (C=O) groups excluding carboxylic acids is 1. The molecule has 0 aliphatic carbocycles. The zero-order valence-electron chi connectivity index (χ0n) is 11.1. The van der Waals surface area contributed by atoms with Crippen LogP contribution < -0.4 is 5.73 Å². The average molecular weight is 226 g/mol. The fraction of sp³-hybridized carbons (Fsp3) is 0.923. The van der Waals surface area contributed by atoms with Crippen molar-refractivity contribution in [1.29, 1.82) is 0 Å². The summed E-state index contributed by atoms with van der Waals surface area (Å²) in [6.07, 6.45) is 2.08. The standard InChI is InChI=1S/C13H26N2O/c1-5-9(2)12(14)13(16)15-7-6-10(3)11(4)8-15/h9-12H,5-8,14H2,1-4H3/t9?,10?,11?,12-/m0/s1. The van der Waals surface area contributed by atoms with Gasteiger partial charge in [0.05, 0.1) is 6.04 Å². The molecule has 0 radical (unpaired) electrons. The van der Waals surface area contributed by atoms with Crippen LogP contribution in [0.3, 0.4) is 0 Å². The molecular weight excluding hydrogens is 200 g/mol. The summed E-state index contributed by atoms with van der Waals surface area (Å²) in [6.45, 7) is 10.4. The fourth-order valence-electron chi connectivity index (χ4n) is 2.17. The van der Waals surface area contributed by atoms with Gasteiger partial charge in [0.2, 0.25) is 5.91 Å². The van der Waals surface area contributed by atoms with Crippen LogP contribution in [0.4, 0.5) is 0 Å². The first-order valence-corrected chi connectivity index (χ1v) is 6.51. The van der Waals surface area contributed by atoms with Gasteiger partial charge < -0.3 is 10.6 Å². The number of hydrogen-bond acceptors (Lipinski definition) is 2. The Hall–Kier alpha value is -0.570.